The summed E-state index contributed by atoms with van der Waals surface area (Å²) in [5, 5.41) is 0. The summed E-state index contributed by atoms with van der Waals surface area (Å²) >= 11 is 0. The van der Waals surface area contributed by atoms with Crippen molar-refractivity contribution in [3.8, 4) is 0 Å². The average molecular weight is 138 g/mol. The third-order valence-corrected chi connectivity index (χ3v) is 2.57. The molecular formula is C10H18. The fourth-order valence-electron chi connectivity index (χ4n) is 1.95. The summed E-state index contributed by atoms with van der Waals surface area (Å²) < 4.78 is 0. The van der Waals surface area contributed by atoms with Gasteiger partial charge in [0.05, 0.1) is 0 Å². The van der Waals surface area contributed by atoms with Crippen molar-refractivity contribution in [3.63, 3.8) is 0 Å². The predicted molar refractivity (Wildman–Crippen MR) is 45.9 cm³/mol. The molecule has 0 radical (unpaired) electrons. The van der Waals surface area contributed by atoms with E-state index in [-0.39, 0.29) is 0 Å². The maximum atomic E-state index is 2.44. The second-order valence-electron chi connectivity index (χ2n) is 3.56. The van der Waals surface area contributed by atoms with Gasteiger partial charge in [0.1, 0.15) is 0 Å². The molecule has 0 aromatic rings. The highest BCUT2D eigenvalue weighted by Gasteiger charge is 2.20. The second kappa shape index (κ2) is 3.23. The summed E-state index contributed by atoms with van der Waals surface area (Å²) in [6.07, 6.45) is 6.43. The number of hydrogen-bond donors (Lipinski definition) is 0. The van der Waals surface area contributed by atoms with E-state index in [0.717, 1.165) is 11.8 Å². The molecule has 1 aliphatic rings. The third kappa shape index (κ3) is 1.42. The Labute approximate surface area is 64.3 Å². The lowest BCUT2D eigenvalue weighted by Gasteiger charge is -2.17. The van der Waals surface area contributed by atoms with Crippen LogP contribution >= 0.6 is 0 Å². The van der Waals surface area contributed by atoms with Gasteiger partial charge >= 0.3 is 0 Å². The minimum absolute atomic E-state index is 0.855. The number of allylic oxidation sites excluding steroid dienone is 2. The highest BCUT2D eigenvalue weighted by Crippen LogP contribution is 2.33. The Morgan fingerprint density at radius 3 is 2.70 bits per heavy atom. The first-order chi connectivity index (χ1) is 4.75. The van der Waals surface area contributed by atoms with Gasteiger partial charge < -0.3 is 0 Å². The van der Waals surface area contributed by atoms with Gasteiger partial charge in [-0.1, -0.05) is 32.4 Å². The Bertz CT molecular complexity index is 131. The largest absolute Gasteiger partial charge is 0.0850 e. The van der Waals surface area contributed by atoms with E-state index < -0.39 is 0 Å². The van der Waals surface area contributed by atoms with Gasteiger partial charge in [-0.25, -0.2) is 0 Å². The van der Waals surface area contributed by atoms with Crippen LogP contribution in [0.3, 0.4) is 0 Å². The standard InChI is InChI=1S/C10H18/c1-4-9-6-5-7-10(9)8(2)3/h6,8,10H,4-5,7H2,1-3H3. The molecule has 0 spiro atoms. The van der Waals surface area contributed by atoms with Crippen molar-refractivity contribution in [2.24, 2.45) is 11.8 Å². The van der Waals surface area contributed by atoms with Crippen molar-refractivity contribution >= 4 is 0 Å². The van der Waals surface area contributed by atoms with E-state index in [1.807, 2.05) is 0 Å². The van der Waals surface area contributed by atoms with Crippen molar-refractivity contribution in [3.05, 3.63) is 11.6 Å². The van der Waals surface area contributed by atoms with E-state index in [9.17, 15) is 0 Å². The van der Waals surface area contributed by atoms with Crippen molar-refractivity contribution in [1.82, 2.24) is 0 Å². The minimum Gasteiger partial charge on any atom is -0.0850 e. The molecule has 0 heterocycles. The zero-order chi connectivity index (χ0) is 7.56. The summed E-state index contributed by atoms with van der Waals surface area (Å²) in [7, 11) is 0. The van der Waals surface area contributed by atoms with Gasteiger partial charge in [0.25, 0.3) is 0 Å². The Morgan fingerprint density at radius 1 is 1.60 bits per heavy atom. The maximum absolute atomic E-state index is 2.44. The lowest BCUT2D eigenvalue weighted by molar-refractivity contribution is 0.432. The molecule has 0 saturated carbocycles. The van der Waals surface area contributed by atoms with Crippen molar-refractivity contribution in [2.45, 2.75) is 40.0 Å². The Morgan fingerprint density at radius 2 is 2.30 bits per heavy atom. The van der Waals surface area contributed by atoms with Gasteiger partial charge in [-0.3, -0.25) is 0 Å². The van der Waals surface area contributed by atoms with Crippen molar-refractivity contribution in [1.29, 1.82) is 0 Å². The lowest BCUT2D eigenvalue weighted by atomic mass is 9.88. The summed E-state index contributed by atoms with van der Waals surface area (Å²) in [4.78, 5) is 0. The quantitative estimate of drug-likeness (QED) is 0.513. The fraction of sp³-hybridized carbons (Fsp3) is 0.800. The van der Waals surface area contributed by atoms with Crippen LogP contribution in [0.5, 0.6) is 0 Å². The number of rotatable bonds is 2. The van der Waals surface area contributed by atoms with E-state index in [0.29, 0.717) is 0 Å². The molecule has 0 N–H and O–H groups in total. The third-order valence-electron chi connectivity index (χ3n) is 2.57. The van der Waals surface area contributed by atoms with Crippen LogP contribution in [0.2, 0.25) is 0 Å². The van der Waals surface area contributed by atoms with E-state index in [4.69, 9.17) is 0 Å². The molecule has 0 amide bonds. The van der Waals surface area contributed by atoms with E-state index in [2.05, 4.69) is 26.8 Å². The van der Waals surface area contributed by atoms with Gasteiger partial charge in [0.15, 0.2) is 0 Å². The molecule has 1 unspecified atom stereocenters. The molecule has 0 heteroatoms. The summed E-state index contributed by atoms with van der Waals surface area (Å²) in [6.45, 7) is 6.94. The van der Waals surface area contributed by atoms with Gasteiger partial charge in [-0.15, -0.1) is 0 Å². The first-order valence-electron chi connectivity index (χ1n) is 4.44. The van der Waals surface area contributed by atoms with E-state index in [1.165, 1.54) is 19.3 Å². The normalized spacial score (nSPS) is 25.6. The molecule has 0 saturated heterocycles. The summed E-state index contributed by atoms with van der Waals surface area (Å²) in [5.74, 6) is 1.76. The Kier molecular flexibility index (Phi) is 2.53. The van der Waals surface area contributed by atoms with E-state index in [1.54, 1.807) is 5.57 Å². The Hall–Kier alpha value is -0.260. The van der Waals surface area contributed by atoms with E-state index >= 15 is 0 Å². The molecule has 0 nitrogen and oxygen atoms in total. The highest BCUT2D eigenvalue weighted by molar-refractivity contribution is 5.12. The molecule has 1 aliphatic carbocycles. The molecule has 0 aromatic carbocycles. The topological polar surface area (TPSA) is 0 Å². The molecule has 1 atom stereocenters. The molecule has 10 heavy (non-hydrogen) atoms. The average Bonchev–Trinajstić information content (AvgIpc) is 2.33. The molecule has 0 bridgehead atoms. The number of hydrogen-bond acceptors (Lipinski definition) is 0. The zero-order valence-electron chi connectivity index (χ0n) is 7.35. The molecular weight excluding hydrogens is 120 g/mol. The van der Waals surface area contributed by atoms with Crippen LogP contribution in [-0.4, -0.2) is 0 Å². The molecule has 1 rings (SSSR count). The van der Waals surface area contributed by atoms with Crippen LogP contribution in [0.1, 0.15) is 40.0 Å². The fourth-order valence-corrected chi connectivity index (χ4v) is 1.95. The first kappa shape index (κ1) is 7.84. The van der Waals surface area contributed by atoms with Gasteiger partial charge in [-0.05, 0) is 31.1 Å². The molecule has 0 aliphatic heterocycles. The van der Waals surface area contributed by atoms with Crippen LogP contribution in [0.25, 0.3) is 0 Å². The second-order valence-corrected chi connectivity index (χ2v) is 3.56. The summed E-state index contributed by atoms with van der Waals surface area (Å²) in [5.41, 5.74) is 1.70. The SMILES string of the molecule is CCC1=CCCC1C(C)C. The summed E-state index contributed by atoms with van der Waals surface area (Å²) in [6, 6.07) is 0. The monoisotopic (exact) mass is 138 g/mol. The molecule has 58 valence electrons. The van der Waals surface area contributed by atoms with Crippen molar-refractivity contribution < 1.29 is 0 Å². The van der Waals surface area contributed by atoms with Crippen LogP contribution in [-0.2, 0) is 0 Å². The van der Waals surface area contributed by atoms with Gasteiger partial charge in [0, 0.05) is 0 Å². The minimum atomic E-state index is 0.855. The van der Waals surface area contributed by atoms with Gasteiger partial charge in [-0.2, -0.15) is 0 Å². The van der Waals surface area contributed by atoms with Crippen LogP contribution in [0, 0.1) is 11.8 Å². The predicted octanol–water partition coefficient (Wildman–Crippen LogP) is 3.39. The zero-order valence-corrected chi connectivity index (χ0v) is 7.35. The smallest absolute Gasteiger partial charge is 0.0177 e. The first-order valence-corrected chi connectivity index (χ1v) is 4.44. The van der Waals surface area contributed by atoms with Gasteiger partial charge in [0.2, 0.25) is 0 Å². The molecule has 0 fully saturated rings. The van der Waals surface area contributed by atoms with Crippen LogP contribution in [0.4, 0.5) is 0 Å². The Balaban J connectivity index is 2.54. The highest BCUT2D eigenvalue weighted by atomic mass is 14.2. The molecule has 0 aromatic heterocycles. The van der Waals surface area contributed by atoms with Crippen molar-refractivity contribution in [2.75, 3.05) is 0 Å². The van der Waals surface area contributed by atoms with Crippen LogP contribution in [0.15, 0.2) is 11.6 Å². The maximum Gasteiger partial charge on any atom is -0.0177 e. The van der Waals surface area contributed by atoms with Crippen LogP contribution < -0.4 is 0 Å². The lowest BCUT2D eigenvalue weighted by Crippen LogP contribution is -2.06.